The number of hydrogen-bond acceptors (Lipinski definition) is 5. The van der Waals surface area contributed by atoms with E-state index in [1.54, 1.807) is 12.0 Å². The van der Waals surface area contributed by atoms with E-state index in [2.05, 4.69) is 20.6 Å². The van der Waals surface area contributed by atoms with Gasteiger partial charge in [0.1, 0.15) is 17.6 Å². The van der Waals surface area contributed by atoms with E-state index >= 15 is 0 Å². The Morgan fingerprint density at radius 2 is 2.19 bits per heavy atom. The monoisotopic (exact) mass is 373 g/mol. The first-order valence-electron chi connectivity index (χ1n) is 8.92. The van der Waals surface area contributed by atoms with E-state index in [4.69, 9.17) is 4.74 Å². The van der Waals surface area contributed by atoms with Crippen molar-refractivity contribution in [3.63, 3.8) is 0 Å². The summed E-state index contributed by atoms with van der Waals surface area (Å²) in [6, 6.07) is 4.27. The number of ether oxygens (including phenoxy) is 1. The Kier molecular flexibility index (Phi) is 5.58. The SMILES string of the molecule is CCN(CCc1nc2ccc(OC)cc2[nH]1)C(=O)[C@@H]1CCC(=O)NC(=O)N1. The molecule has 1 aromatic carbocycles. The summed E-state index contributed by atoms with van der Waals surface area (Å²) in [6.07, 6.45) is 0.976. The Labute approximate surface area is 156 Å². The highest BCUT2D eigenvalue weighted by molar-refractivity contribution is 5.98. The van der Waals surface area contributed by atoms with Gasteiger partial charge in [0.15, 0.2) is 0 Å². The molecule has 9 heteroatoms. The van der Waals surface area contributed by atoms with Crippen molar-refractivity contribution in [2.24, 2.45) is 0 Å². The summed E-state index contributed by atoms with van der Waals surface area (Å²) in [5, 5.41) is 4.74. The molecule has 27 heavy (non-hydrogen) atoms. The lowest BCUT2D eigenvalue weighted by Crippen LogP contribution is -2.50. The molecule has 2 heterocycles. The van der Waals surface area contributed by atoms with Crippen molar-refractivity contribution in [3.8, 4) is 5.75 Å². The summed E-state index contributed by atoms with van der Waals surface area (Å²) in [7, 11) is 1.61. The third-order valence-corrected chi connectivity index (χ3v) is 4.57. The van der Waals surface area contributed by atoms with Crippen LogP contribution < -0.4 is 15.4 Å². The van der Waals surface area contributed by atoms with Gasteiger partial charge in [0.05, 0.1) is 18.1 Å². The third kappa shape index (κ3) is 4.36. The molecule has 9 nitrogen and oxygen atoms in total. The zero-order valence-electron chi connectivity index (χ0n) is 15.4. The fourth-order valence-electron chi connectivity index (χ4n) is 3.09. The van der Waals surface area contributed by atoms with Gasteiger partial charge in [-0.25, -0.2) is 9.78 Å². The highest BCUT2D eigenvalue weighted by Gasteiger charge is 2.29. The van der Waals surface area contributed by atoms with Crippen LogP contribution in [0.25, 0.3) is 11.0 Å². The van der Waals surface area contributed by atoms with Gasteiger partial charge in [0, 0.05) is 32.0 Å². The van der Waals surface area contributed by atoms with E-state index in [-0.39, 0.29) is 24.7 Å². The number of hydrogen-bond donors (Lipinski definition) is 3. The number of H-pyrrole nitrogens is 1. The van der Waals surface area contributed by atoms with Crippen molar-refractivity contribution in [2.45, 2.75) is 32.2 Å². The molecule has 1 fully saturated rings. The van der Waals surface area contributed by atoms with Crippen LogP contribution >= 0.6 is 0 Å². The summed E-state index contributed by atoms with van der Waals surface area (Å²) in [4.78, 5) is 45.2. The number of imidazole rings is 1. The number of fused-ring (bicyclic) bond motifs is 1. The molecular weight excluding hydrogens is 350 g/mol. The predicted octanol–water partition coefficient (Wildman–Crippen LogP) is 0.951. The highest BCUT2D eigenvalue weighted by atomic mass is 16.5. The van der Waals surface area contributed by atoms with E-state index in [9.17, 15) is 14.4 Å². The Bertz CT molecular complexity index is 863. The van der Waals surface area contributed by atoms with Gasteiger partial charge in [-0.3, -0.25) is 14.9 Å². The first kappa shape index (κ1) is 18.7. The van der Waals surface area contributed by atoms with Crippen molar-refractivity contribution in [1.82, 2.24) is 25.5 Å². The largest absolute Gasteiger partial charge is 0.497 e. The molecule has 2 aromatic rings. The Morgan fingerprint density at radius 3 is 2.93 bits per heavy atom. The van der Waals surface area contributed by atoms with Crippen LogP contribution in [-0.2, 0) is 16.0 Å². The predicted molar refractivity (Wildman–Crippen MR) is 98.3 cm³/mol. The van der Waals surface area contributed by atoms with E-state index in [0.717, 1.165) is 22.6 Å². The number of imide groups is 1. The number of methoxy groups -OCH3 is 1. The van der Waals surface area contributed by atoms with Crippen molar-refractivity contribution in [2.75, 3.05) is 20.2 Å². The number of benzene rings is 1. The average molecular weight is 373 g/mol. The Hall–Kier alpha value is -3.10. The van der Waals surface area contributed by atoms with Crippen LogP contribution in [0.5, 0.6) is 5.75 Å². The maximum absolute atomic E-state index is 12.7. The third-order valence-electron chi connectivity index (χ3n) is 4.57. The van der Waals surface area contributed by atoms with Crippen LogP contribution in [0, 0.1) is 0 Å². The van der Waals surface area contributed by atoms with Gasteiger partial charge >= 0.3 is 6.03 Å². The molecule has 0 aliphatic carbocycles. The Morgan fingerprint density at radius 1 is 1.37 bits per heavy atom. The minimum atomic E-state index is -0.698. The lowest BCUT2D eigenvalue weighted by molar-refractivity contribution is -0.133. The standard InChI is InChI=1S/C18H23N5O4/c1-3-23(17(25)13-6-7-16(24)22-18(26)21-13)9-8-15-19-12-5-4-11(27-2)10-14(12)20-15/h4-5,10,13H,3,6-9H2,1-2H3,(H,19,20)(H2,21,22,24,26)/t13-/m0/s1. The molecule has 3 rings (SSSR count). The molecule has 144 valence electrons. The first-order valence-corrected chi connectivity index (χ1v) is 8.92. The fourth-order valence-corrected chi connectivity index (χ4v) is 3.09. The van der Waals surface area contributed by atoms with Crippen molar-refractivity contribution >= 4 is 28.9 Å². The minimum absolute atomic E-state index is 0.137. The lowest BCUT2D eigenvalue weighted by Gasteiger charge is -2.25. The second-order valence-electron chi connectivity index (χ2n) is 6.35. The number of carbonyl (C=O) groups excluding carboxylic acids is 3. The molecule has 0 unspecified atom stereocenters. The fraction of sp³-hybridized carbons (Fsp3) is 0.444. The number of urea groups is 1. The average Bonchev–Trinajstić information content (AvgIpc) is 2.98. The molecule has 1 aromatic heterocycles. The maximum atomic E-state index is 12.7. The van der Waals surface area contributed by atoms with Gasteiger partial charge in [0.2, 0.25) is 11.8 Å². The Balaban J connectivity index is 1.65. The molecule has 0 radical (unpaired) electrons. The van der Waals surface area contributed by atoms with Crippen LogP contribution in [0.1, 0.15) is 25.6 Å². The zero-order chi connectivity index (χ0) is 19.4. The quantitative estimate of drug-likeness (QED) is 0.697. The number of carbonyl (C=O) groups is 3. The molecule has 0 saturated carbocycles. The summed E-state index contributed by atoms with van der Waals surface area (Å²) in [5.74, 6) is 0.949. The first-order chi connectivity index (χ1) is 13.0. The molecule has 1 aliphatic rings. The molecule has 3 N–H and O–H groups in total. The molecular formula is C18H23N5O4. The molecule has 0 bridgehead atoms. The number of likely N-dealkylation sites (N-methyl/N-ethyl adjacent to an activating group) is 1. The second-order valence-corrected chi connectivity index (χ2v) is 6.35. The van der Waals surface area contributed by atoms with E-state index < -0.39 is 12.1 Å². The van der Waals surface area contributed by atoms with Crippen LogP contribution in [0.2, 0.25) is 0 Å². The number of rotatable bonds is 6. The zero-order valence-corrected chi connectivity index (χ0v) is 15.4. The summed E-state index contributed by atoms with van der Waals surface area (Å²) < 4.78 is 5.21. The highest BCUT2D eigenvalue weighted by Crippen LogP contribution is 2.19. The van der Waals surface area contributed by atoms with Gasteiger partial charge in [-0.05, 0) is 25.5 Å². The van der Waals surface area contributed by atoms with Crippen molar-refractivity contribution in [1.29, 1.82) is 0 Å². The van der Waals surface area contributed by atoms with Crippen LogP contribution in [0.4, 0.5) is 4.79 Å². The van der Waals surface area contributed by atoms with Crippen molar-refractivity contribution < 1.29 is 19.1 Å². The molecule has 4 amide bonds. The molecule has 1 atom stereocenters. The van der Waals surface area contributed by atoms with E-state index in [1.807, 2.05) is 25.1 Å². The van der Waals surface area contributed by atoms with Gasteiger partial charge in [0.25, 0.3) is 0 Å². The molecule has 1 aliphatic heterocycles. The molecule has 0 spiro atoms. The smallest absolute Gasteiger partial charge is 0.322 e. The van der Waals surface area contributed by atoms with Gasteiger partial charge in [-0.15, -0.1) is 0 Å². The second kappa shape index (κ2) is 8.07. The number of nitrogens with one attached hydrogen (secondary N) is 3. The van der Waals surface area contributed by atoms with Crippen LogP contribution in [0.15, 0.2) is 18.2 Å². The minimum Gasteiger partial charge on any atom is -0.497 e. The topological polar surface area (TPSA) is 116 Å². The summed E-state index contributed by atoms with van der Waals surface area (Å²) >= 11 is 0. The lowest BCUT2D eigenvalue weighted by atomic mass is 10.1. The van der Waals surface area contributed by atoms with Crippen LogP contribution in [0.3, 0.4) is 0 Å². The van der Waals surface area contributed by atoms with Gasteiger partial charge in [-0.2, -0.15) is 0 Å². The number of nitrogens with zero attached hydrogens (tertiary/aromatic N) is 2. The van der Waals surface area contributed by atoms with Crippen molar-refractivity contribution in [3.05, 3.63) is 24.0 Å². The van der Waals surface area contributed by atoms with E-state index in [0.29, 0.717) is 19.5 Å². The van der Waals surface area contributed by atoms with Gasteiger partial charge in [-0.1, -0.05) is 0 Å². The summed E-state index contributed by atoms with van der Waals surface area (Å²) in [5.41, 5.74) is 1.71. The number of aromatic nitrogens is 2. The normalized spacial score (nSPS) is 17.2. The maximum Gasteiger partial charge on any atom is 0.322 e. The van der Waals surface area contributed by atoms with E-state index in [1.165, 1.54) is 0 Å². The van der Waals surface area contributed by atoms with Crippen LogP contribution in [-0.4, -0.2) is 59.0 Å². The number of amides is 4. The summed E-state index contributed by atoms with van der Waals surface area (Å²) in [6.45, 7) is 2.84. The van der Waals surface area contributed by atoms with Gasteiger partial charge < -0.3 is 19.9 Å². The molecule has 1 saturated heterocycles. The number of aromatic amines is 1.